The van der Waals surface area contributed by atoms with E-state index in [1.807, 2.05) is 60.5 Å². The van der Waals surface area contributed by atoms with Gasteiger partial charge in [-0.15, -0.1) is 0 Å². The molecule has 1 aliphatic rings. The third-order valence-corrected chi connectivity index (χ3v) is 4.87. The fraction of sp³-hybridized carbons (Fsp3) is 0.333. The summed E-state index contributed by atoms with van der Waals surface area (Å²) in [6, 6.07) is 13.2. The number of hydrogen-bond acceptors (Lipinski definition) is 6. The smallest absolute Gasteiger partial charge is 0.263 e. The van der Waals surface area contributed by atoms with Gasteiger partial charge in [-0.25, -0.2) is 14.6 Å². The number of para-hydroxylation sites is 1. The second-order valence-corrected chi connectivity index (χ2v) is 6.97. The van der Waals surface area contributed by atoms with E-state index in [-0.39, 0.29) is 5.91 Å². The number of ether oxygens (including phenoxy) is 1. The summed E-state index contributed by atoms with van der Waals surface area (Å²) < 4.78 is 7.50. The molecule has 8 nitrogen and oxygen atoms in total. The average Bonchev–Trinajstić information content (AvgIpc) is 3.29. The van der Waals surface area contributed by atoms with Crippen molar-refractivity contribution in [3.8, 4) is 11.6 Å². The molecule has 1 aromatic carbocycles. The van der Waals surface area contributed by atoms with Crippen LogP contribution in [0.1, 0.15) is 12.7 Å². The molecule has 0 aliphatic carbocycles. The number of carbonyl (C=O) groups excluding carboxylic acids is 1. The third kappa shape index (κ3) is 4.37. The number of carbonyl (C=O) groups is 1. The maximum atomic E-state index is 12.8. The van der Waals surface area contributed by atoms with E-state index >= 15 is 0 Å². The molecule has 3 heterocycles. The molecule has 0 bridgehead atoms. The van der Waals surface area contributed by atoms with Gasteiger partial charge in [0.05, 0.1) is 0 Å². The van der Waals surface area contributed by atoms with Crippen LogP contribution in [0.2, 0.25) is 0 Å². The van der Waals surface area contributed by atoms with Gasteiger partial charge in [-0.3, -0.25) is 4.79 Å². The third-order valence-electron chi connectivity index (χ3n) is 4.87. The van der Waals surface area contributed by atoms with Gasteiger partial charge < -0.3 is 14.5 Å². The molecule has 0 unspecified atom stereocenters. The summed E-state index contributed by atoms with van der Waals surface area (Å²) >= 11 is 0. The first kappa shape index (κ1) is 18.9. The van der Waals surface area contributed by atoms with Crippen LogP contribution in [0.25, 0.3) is 5.82 Å². The number of piperazine rings is 1. The SMILES string of the molecule is Cc1nc(N2CCN(C(=O)[C@H](C)Oc3ccccc3)CC2)cc(-n2cccn2)n1. The first-order chi connectivity index (χ1) is 14.1. The highest BCUT2D eigenvalue weighted by atomic mass is 16.5. The Morgan fingerprint density at radius 3 is 2.45 bits per heavy atom. The van der Waals surface area contributed by atoms with Crippen LogP contribution in [0.3, 0.4) is 0 Å². The average molecular weight is 392 g/mol. The fourth-order valence-corrected chi connectivity index (χ4v) is 3.39. The Hall–Kier alpha value is -3.42. The molecule has 1 atom stereocenters. The van der Waals surface area contributed by atoms with Crippen molar-refractivity contribution in [2.75, 3.05) is 31.1 Å². The van der Waals surface area contributed by atoms with Crippen molar-refractivity contribution in [1.29, 1.82) is 0 Å². The number of anilines is 1. The van der Waals surface area contributed by atoms with Gasteiger partial charge in [0.1, 0.15) is 17.4 Å². The van der Waals surface area contributed by atoms with Crippen molar-refractivity contribution in [3.63, 3.8) is 0 Å². The van der Waals surface area contributed by atoms with Crippen LogP contribution in [0.15, 0.2) is 54.9 Å². The van der Waals surface area contributed by atoms with Crippen molar-refractivity contribution < 1.29 is 9.53 Å². The highest BCUT2D eigenvalue weighted by Crippen LogP contribution is 2.18. The molecule has 1 aliphatic heterocycles. The Morgan fingerprint density at radius 1 is 1.03 bits per heavy atom. The molecule has 1 saturated heterocycles. The number of aromatic nitrogens is 4. The largest absolute Gasteiger partial charge is 0.481 e. The summed E-state index contributed by atoms with van der Waals surface area (Å²) in [6.07, 6.45) is 3.06. The number of rotatable bonds is 5. The first-order valence-electron chi connectivity index (χ1n) is 9.71. The van der Waals surface area contributed by atoms with Crippen LogP contribution in [-0.4, -0.2) is 62.8 Å². The summed E-state index contributed by atoms with van der Waals surface area (Å²) in [5.41, 5.74) is 0. The highest BCUT2D eigenvalue weighted by Gasteiger charge is 2.27. The lowest BCUT2D eigenvalue weighted by Crippen LogP contribution is -2.52. The normalized spacial score (nSPS) is 15.2. The van der Waals surface area contributed by atoms with Gasteiger partial charge in [-0.05, 0) is 32.0 Å². The zero-order valence-electron chi connectivity index (χ0n) is 16.6. The molecular weight excluding hydrogens is 368 g/mol. The van der Waals surface area contributed by atoms with Crippen LogP contribution in [-0.2, 0) is 4.79 Å². The van der Waals surface area contributed by atoms with Crippen LogP contribution in [0.5, 0.6) is 5.75 Å². The lowest BCUT2D eigenvalue weighted by atomic mass is 10.2. The Morgan fingerprint density at radius 2 is 1.76 bits per heavy atom. The molecule has 0 radical (unpaired) electrons. The van der Waals surface area contributed by atoms with Gasteiger partial charge in [0.25, 0.3) is 5.91 Å². The van der Waals surface area contributed by atoms with Gasteiger partial charge in [-0.1, -0.05) is 18.2 Å². The van der Waals surface area contributed by atoms with E-state index in [1.54, 1.807) is 17.8 Å². The van der Waals surface area contributed by atoms with E-state index in [0.29, 0.717) is 37.8 Å². The highest BCUT2D eigenvalue weighted by molar-refractivity contribution is 5.81. The maximum Gasteiger partial charge on any atom is 0.263 e. The second kappa shape index (κ2) is 8.30. The number of nitrogens with zero attached hydrogens (tertiary/aromatic N) is 6. The van der Waals surface area contributed by atoms with Gasteiger partial charge >= 0.3 is 0 Å². The molecular formula is C21H24N6O2. The zero-order valence-corrected chi connectivity index (χ0v) is 16.6. The van der Waals surface area contributed by atoms with E-state index in [4.69, 9.17) is 4.74 Å². The minimum atomic E-state index is -0.517. The monoisotopic (exact) mass is 392 g/mol. The number of amides is 1. The van der Waals surface area contributed by atoms with E-state index in [2.05, 4.69) is 20.0 Å². The summed E-state index contributed by atoms with van der Waals surface area (Å²) in [4.78, 5) is 25.8. The lowest BCUT2D eigenvalue weighted by Gasteiger charge is -2.36. The Labute approximate surface area is 169 Å². The predicted octanol–water partition coefficient (Wildman–Crippen LogP) is 2.09. The topological polar surface area (TPSA) is 76.4 Å². The van der Waals surface area contributed by atoms with Crippen molar-refractivity contribution in [1.82, 2.24) is 24.6 Å². The fourth-order valence-electron chi connectivity index (χ4n) is 3.39. The number of aryl methyl sites for hydroxylation is 1. The standard InChI is InChI=1S/C21H24N6O2/c1-16(29-18-7-4-3-5-8-18)21(28)26-13-11-25(12-14-26)19-15-20(24-17(2)23-19)27-10-6-9-22-27/h3-10,15-16H,11-14H2,1-2H3/t16-/m0/s1. The Kier molecular flexibility index (Phi) is 5.41. The van der Waals surface area contributed by atoms with Crippen LogP contribution >= 0.6 is 0 Å². The molecule has 29 heavy (non-hydrogen) atoms. The van der Waals surface area contributed by atoms with Crippen molar-refractivity contribution in [2.45, 2.75) is 20.0 Å². The Bertz CT molecular complexity index is 953. The van der Waals surface area contributed by atoms with E-state index in [0.717, 1.165) is 11.6 Å². The zero-order chi connectivity index (χ0) is 20.2. The van der Waals surface area contributed by atoms with Crippen molar-refractivity contribution in [2.24, 2.45) is 0 Å². The molecule has 0 saturated carbocycles. The summed E-state index contributed by atoms with van der Waals surface area (Å²) in [5, 5.41) is 4.24. The minimum Gasteiger partial charge on any atom is -0.481 e. The summed E-state index contributed by atoms with van der Waals surface area (Å²) in [7, 11) is 0. The summed E-state index contributed by atoms with van der Waals surface area (Å²) in [6.45, 7) is 6.34. The van der Waals surface area contributed by atoms with Crippen LogP contribution in [0.4, 0.5) is 5.82 Å². The lowest BCUT2D eigenvalue weighted by molar-refractivity contribution is -0.138. The van der Waals surface area contributed by atoms with Gasteiger partial charge in [-0.2, -0.15) is 5.10 Å². The quantitative estimate of drug-likeness (QED) is 0.662. The van der Waals surface area contributed by atoms with E-state index in [9.17, 15) is 4.79 Å². The van der Waals surface area contributed by atoms with Gasteiger partial charge in [0, 0.05) is 44.6 Å². The van der Waals surface area contributed by atoms with Crippen LogP contribution in [0, 0.1) is 6.92 Å². The van der Waals surface area contributed by atoms with E-state index in [1.165, 1.54) is 0 Å². The molecule has 150 valence electrons. The number of benzene rings is 1. The van der Waals surface area contributed by atoms with E-state index < -0.39 is 6.10 Å². The second-order valence-electron chi connectivity index (χ2n) is 6.97. The van der Waals surface area contributed by atoms with Crippen molar-refractivity contribution >= 4 is 11.7 Å². The van der Waals surface area contributed by atoms with Crippen LogP contribution < -0.4 is 9.64 Å². The molecule has 1 fully saturated rings. The van der Waals surface area contributed by atoms with Crippen molar-refractivity contribution in [3.05, 3.63) is 60.7 Å². The summed E-state index contributed by atoms with van der Waals surface area (Å²) in [5.74, 6) is 2.99. The minimum absolute atomic E-state index is 0.00426. The van der Waals surface area contributed by atoms with Gasteiger partial charge in [0.15, 0.2) is 11.9 Å². The molecule has 3 aromatic rings. The number of hydrogen-bond donors (Lipinski definition) is 0. The molecule has 8 heteroatoms. The van der Waals surface area contributed by atoms with Gasteiger partial charge in [0.2, 0.25) is 0 Å². The first-order valence-corrected chi connectivity index (χ1v) is 9.71. The maximum absolute atomic E-state index is 12.8. The molecule has 4 rings (SSSR count). The molecule has 1 amide bonds. The molecule has 0 N–H and O–H groups in total. The Balaban J connectivity index is 1.39. The molecule has 0 spiro atoms. The molecule has 2 aromatic heterocycles. The predicted molar refractivity (Wildman–Crippen MR) is 109 cm³/mol.